The molecule has 0 N–H and O–H groups in total. The molecule has 0 radical (unpaired) electrons. The largest absolute Gasteiger partial charge is 0.416 e. The number of benzene rings is 2. The SMILES string of the molecule is O=C1CC(Cn2ccn(-c3cccc(C(F)(F)F)c3)c(=O)c2=O)CN1Cc1ccccc1. The number of likely N-dealkylation sites (tertiary alicyclic amines) is 1. The first-order chi connectivity index (χ1) is 15.2. The molecule has 6 nitrogen and oxygen atoms in total. The topological polar surface area (TPSA) is 64.3 Å². The van der Waals surface area contributed by atoms with Gasteiger partial charge in [-0.1, -0.05) is 36.4 Å². The van der Waals surface area contributed by atoms with Crippen LogP contribution in [-0.4, -0.2) is 26.5 Å². The summed E-state index contributed by atoms with van der Waals surface area (Å²) in [6.45, 7) is 1.10. The summed E-state index contributed by atoms with van der Waals surface area (Å²) in [7, 11) is 0. The van der Waals surface area contributed by atoms with Crippen molar-refractivity contribution in [3.63, 3.8) is 0 Å². The predicted molar refractivity (Wildman–Crippen MR) is 111 cm³/mol. The maximum Gasteiger partial charge on any atom is 0.416 e. The monoisotopic (exact) mass is 443 g/mol. The number of amides is 1. The van der Waals surface area contributed by atoms with E-state index in [1.54, 1.807) is 4.90 Å². The summed E-state index contributed by atoms with van der Waals surface area (Å²) in [6.07, 6.45) is -1.66. The van der Waals surface area contributed by atoms with Crippen molar-refractivity contribution in [2.75, 3.05) is 6.54 Å². The van der Waals surface area contributed by atoms with Crippen LogP contribution in [0.25, 0.3) is 5.69 Å². The molecule has 0 saturated carbocycles. The van der Waals surface area contributed by atoms with E-state index in [-0.39, 0.29) is 30.5 Å². The van der Waals surface area contributed by atoms with Crippen LogP contribution < -0.4 is 11.1 Å². The van der Waals surface area contributed by atoms with Gasteiger partial charge in [-0.15, -0.1) is 0 Å². The first-order valence-electron chi connectivity index (χ1n) is 10.0. The molecule has 166 valence electrons. The molecule has 1 atom stereocenters. The summed E-state index contributed by atoms with van der Waals surface area (Å²) in [5, 5.41) is 0. The third-order valence-electron chi connectivity index (χ3n) is 5.48. The molecule has 4 rings (SSSR count). The van der Waals surface area contributed by atoms with E-state index in [9.17, 15) is 27.6 Å². The Labute approximate surface area is 181 Å². The molecule has 2 aromatic carbocycles. The van der Waals surface area contributed by atoms with E-state index in [2.05, 4.69) is 0 Å². The molecule has 9 heteroatoms. The Kier molecular flexibility index (Phi) is 5.73. The second-order valence-electron chi connectivity index (χ2n) is 7.81. The van der Waals surface area contributed by atoms with Gasteiger partial charge < -0.3 is 9.47 Å². The molecule has 1 fully saturated rings. The number of halogens is 3. The molecular weight excluding hydrogens is 423 g/mol. The van der Waals surface area contributed by atoms with Gasteiger partial charge in [-0.3, -0.25) is 19.0 Å². The fourth-order valence-electron chi connectivity index (χ4n) is 3.90. The van der Waals surface area contributed by atoms with Crippen LogP contribution >= 0.6 is 0 Å². The average Bonchev–Trinajstić information content (AvgIpc) is 3.10. The smallest absolute Gasteiger partial charge is 0.338 e. The van der Waals surface area contributed by atoms with Gasteiger partial charge in [-0.25, -0.2) is 0 Å². The van der Waals surface area contributed by atoms with Crippen LogP contribution in [-0.2, 0) is 24.1 Å². The van der Waals surface area contributed by atoms with Crippen molar-refractivity contribution < 1.29 is 18.0 Å². The maximum absolute atomic E-state index is 13.0. The zero-order valence-corrected chi connectivity index (χ0v) is 17.0. The van der Waals surface area contributed by atoms with Crippen LogP contribution in [0.3, 0.4) is 0 Å². The summed E-state index contributed by atoms with van der Waals surface area (Å²) < 4.78 is 41.0. The zero-order valence-electron chi connectivity index (χ0n) is 17.0. The molecule has 1 saturated heterocycles. The Balaban J connectivity index is 1.52. The number of alkyl halides is 3. The minimum absolute atomic E-state index is 0.0239. The summed E-state index contributed by atoms with van der Waals surface area (Å²) in [5.74, 6) is -0.170. The van der Waals surface area contributed by atoms with Crippen LogP contribution in [0.5, 0.6) is 0 Å². The molecule has 1 aliphatic heterocycles. The predicted octanol–water partition coefficient (Wildman–Crippen LogP) is 3.07. The summed E-state index contributed by atoms with van der Waals surface area (Å²) in [6, 6.07) is 13.8. The van der Waals surface area contributed by atoms with E-state index in [4.69, 9.17) is 0 Å². The van der Waals surface area contributed by atoms with Gasteiger partial charge in [0.2, 0.25) is 5.91 Å². The lowest BCUT2D eigenvalue weighted by Gasteiger charge is -2.17. The first-order valence-corrected chi connectivity index (χ1v) is 10.0. The third-order valence-corrected chi connectivity index (χ3v) is 5.48. The van der Waals surface area contributed by atoms with Crippen molar-refractivity contribution in [3.8, 4) is 5.69 Å². The maximum atomic E-state index is 13.0. The number of carbonyl (C=O) groups is 1. The molecule has 0 aliphatic carbocycles. The van der Waals surface area contributed by atoms with Crippen LogP contribution in [0.4, 0.5) is 13.2 Å². The van der Waals surface area contributed by atoms with Gasteiger partial charge in [0.15, 0.2) is 0 Å². The van der Waals surface area contributed by atoms with Crippen LogP contribution in [0.2, 0.25) is 0 Å². The van der Waals surface area contributed by atoms with E-state index < -0.39 is 22.9 Å². The van der Waals surface area contributed by atoms with Gasteiger partial charge in [0, 0.05) is 50.1 Å². The van der Waals surface area contributed by atoms with E-state index in [1.807, 2.05) is 30.3 Å². The van der Waals surface area contributed by atoms with Gasteiger partial charge in [0.25, 0.3) is 0 Å². The Morgan fingerprint density at radius 1 is 0.906 bits per heavy atom. The Morgan fingerprint density at radius 3 is 2.38 bits per heavy atom. The first kappa shape index (κ1) is 21.6. The highest BCUT2D eigenvalue weighted by Gasteiger charge is 2.31. The van der Waals surface area contributed by atoms with E-state index in [1.165, 1.54) is 29.1 Å². The van der Waals surface area contributed by atoms with Gasteiger partial charge in [0.05, 0.1) is 5.56 Å². The van der Waals surface area contributed by atoms with Crippen molar-refractivity contribution in [2.45, 2.75) is 25.7 Å². The van der Waals surface area contributed by atoms with E-state index in [0.717, 1.165) is 22.3 Å². The molecule has 1 unspecified atom stereocenters. The highest BCUT2D eigenvalue weighted by Crippen LogP contribution is 2.30. The van der Waals surface area contributed by atoms with Gasteiger partial charge >= 0.3 is 17.3 Å². The van der Waals surface area contributed by atoms with Gasteiger partial charge in [-0.2, -0.15) is 13.2 Å². The summed E-state index contributed by atoms with van der Waals surface area (Å²) in [4.78, 5) is 39.2. The standard InChI is InChI=1S/C23H20F3N3O3/c24-23(25,26)18-7-4-8-19(12-18)29-10-9-27(21(31)22(29)32)14-17-11-20(30)28(15-17)13-16-5-2-1-3-6-16/h1-10,12,17H,11,13-15H2. The Hall–Kier alpha value is -3.62. The van der Waals surface area contributed by atoms with Crippen molar-refractivity contribution >= 4 is 5.91 Å². The molecular formula is C23H20F3N3O3. The number of rotatable bonds is 5. The molecule has 1 aromatic heterocycles. The third kappa shape index (κ3) is 4.51. The lowest BCUT2D eigenvalue weighted by atomic mass is 10.1. The lowest BCUT2D eigenvalue weighted by Crippen LogP contribution is -2.41. The number of aromatic nitrogens is 2. The average molecular weight is 443 g/mol. The van der Waals surface area contributed by atoms with Crippen LogP contribution in [0.15, 0.2) is 76.6 Å². The highest BCUT2D eigenvalue weighted by atomic mass is 19.4. The Morgan fingerprint density at radius 2 is 1.66 bits per heavy atom. The van der Waals surface area contributed by atoms with Gasteiger partial charge in [-0.05, 0) is 23.8 Å². The zero-order chi connectivity index (χ0) is 22.9. The fraction of sp³-hybridized carbons (Fsp3) is 0.261. The molecule has 0 bridgehead atoms. The second kappa shape index (κ2) is 8.49. The Bertz CT molecular complexity index is 1250. The highest BCUT2D eigenvalue weighted by molar-refractivity contribution is 5.78. The van der Waals surface area contributed by atoms with Crippen molar-refractivity contribution in [1.29, 1.82) is 0 Å². The molecule has 32 heavy (non-hydrogen) atoms. The normalized spacial score (nSPS) is 16.5. The van der Waals surface area contributed by atoms with Crippen LogP contribution in [0.1, 0.15) is 17.5 Å². The van der Waals surface area contributed by atoms with E-state index >= 15 is 0 Å². The second-order valence-corrected chi connectivity index (χ2v) is 7.81. The number of hydrogen-bond acceptors (Lipinski definition) is 3. The number of nitrogens with zero attached hydrogens (tertiary/aromatic N) is 3. The minimum Gasteiger partial charge on any atom is -0.338 e. The van der Waals surface area contributed by atoms with Crippen LogP contribution in [0, 0.1) is 5.92 Å². The van der Waals surface area contributed by atoms with Crippen molar-refractivity contribution in [1.82, 2.24) is 14.0 Å². The van der Waals surface area contributed by atoms with E-state index in [0.29, 0.717) is 13.1 Å². The fourth-order valence-corrected chi connectivity index (χ4v) is 3.90. The summed E-state index contributed by atoms with van der Waals surface area (Å²) >= 11 is 0. The minimum atomic E-state index is -4.56. The molecule has 0 spiro atoms. The number of hydrogen-bond donors (Lipinski definition) is 0. The van der Waals surface area contributed by atoms with Gasteiger partial charge in [0.1, 0.15) is 0 Å². The molecule has 2 heterocycles. The molecule has 1 amide bonds. The molecule has 1 aliphatic rings. The van der Waals surface area contributed by atoms with Crippen molar-refractivity contribution in [3.05, 3.63) is 98.8 Å². The quantitative estimate of drug-likeness (QED) is 0.570. The van der Waals surface area contributed by atoms with Crippen molar-refractivity contribution in [2.24, 2.45) is 5.92 Å². The molecule has 3 aromatic rings. The lowest BCUT2D eigenvalue weighted by molar-refractivity contribution is -0.137. The summed E-state index contributed by atoms with van der Waals surface area (Å²) in [5.41, 5.74) is -1.74. The number of carbonyl (C=O) groups excluding carboxylic acids is 1.